The molecule has 6 heteroatoms. The molecule has 116 valence electrons. The van der Waals surface area contributed by atoms with Gasteiger partial charge in [-0.15, -0.1) is 0 Å². The predicted molar refractivity (Wildman–Crippen MR) is 76.2 cm³/mol. The van der Waals surface area contributed by atoms with Crippen LogP contribution in [0, 0.1) is 5.92 Å². The zero-order chi connectivity index (χ0) is 14.6. The lowest BCUT2D eigenvalue weighted by molar-refractivity contribution is -0.162. The molecule has 2 fully saturated rings. The fourth-order valence-corrected chi connectivity index (χ4v) is 3.97. The lowest BCUT2D eigenvalue weighted by Crippen LogP contribution is -2.49. The molecule has 1 heterocycles. The maximum Gasteiger partial charge on any atom is 0.310 e. The molecule has 0 amide bonds. The van der Waals surface area contributed by atoms with E-state index in [1.54, 1.807) is 0 Å². The highest BCUT2D eigenvalue weighted by Gasteiger charge is 2.37. The number of hydrogen-bond donors (Lipinski definition) is 0. The van der Waals surface area contributed by atoms with Crippen LogP contribution in [-0.4, -0.2) is 54.0 Å². The van der Waals surface area contributed by atoms with Crippen LogP contribution in [0.15, 0.2) is 0 Å². The highest BCUT2D eigenvalue weighted by Crippen LogP contribution is 2.31. The monoisotopic (exact) mass is 307 g/mol. The Labute approximate surface area is 123 Å². The SMILES string of the molecule is CC(F)(F)COC(=O)C1CCCCC1N1CCSCC1. The highest BCUT2D eigenvalue weighted by atomic mass is 32.2. The number of esters is 1. The average Bonchev–Trinajstić information content (AvgIpc) is 2.45. The lowest BCUT2D eigenvalue weighted by Gasteiger charge is -2.40. The summed E-state index contributed by atoms with van der Waals surface area (Å²) in [4.78, 5) is 14.5. The minimum atomic E-state index is -2.94. The van der Waals surface area contributed by atoms with Crippen molar-refractivity contribution in [2.24, 2.45) is 5.92 Å². The van der Waals surface area contributed by atoms with Crippen LogP contribution in [0.2, 0.25) is 0 Å². The first-order chi connectivity index (χ1) is 9.47. The van der Waals surface area contributed by atoms with E-state index in [1.165, 1.54) is 0 Å². The van der Waals surface area contributed by atoms with E-state index >= 15 is 0 Å². The van der Waals surface area contributed by atoms with E-state index in [9.17, 15) is 13.6 Å². The van der Waals surface area contributed by atoms with Gasteiger partial charge < -0.3 is 4.74 Å². The normalized spacial score (nSPS) is 29.1. The molecule has 0 aromatic heterocycles. The van der Waals surface area contributed by atoms with E-state index < -0.39 is 18.5 Å². The van der Waals surface area contributed by atoms with Gasteiger partial charge in [0.15, 0.2) is 6.61 Å². The van der Waals surface area contributed by atoms with Crippen LogP contribution >= 0.6 is 11.8 Å². The maximum absolute atomic E-state index is 12.8. The first-order valence-corrected chi connectivity index (χ1v) is 8.49. The molecule has 0 bridgehead atoms. The summed E-state index contributed by atoms with van der Waals surface area (Å²) >= 11 is 1.93. The second-order valence-corrected chi connectivity index (χ2v) is 7.01. The molecule has 1 saturated carbocycles. The van der Waals surface area contributed by atoms with Gasteiger partial charge in [-0.1, -0.05) is 12.8 Å². The Morgan fingerprint density at radius 3 is 2.60 bits per heavy atom. The molecule has 1 aliphatic carbocycles. The van der Waals surface area contributed by atoms with Gasteiger partial charge in [0.05, 0.1) is 5.92 Å². The minimum Gasteiger partial charge on any atom is -0.459 e. The molecular weight excluding hydrogens is 284 g/mol. The Morgan fingerprint density at radius 2 is 1.95 bits per heavy atom. The molecule has 2 aliphatic rings. The van der Waals surface area contributed by atoms with E-state index in [1.807, 2.05) is 11.8 Å². The third-order valence-electron chi connectivity index (χ3n) is 4.01. The van der Waals surface area contributed by atoms with Crippen molar-refractivity contribution >= 4 is 17.7 Å². The number of rotatable bonds is 4. The van der Waals surface area contributed by atoms with E-state index in [0.29, 0.717) is 0 Å². The van der Waals surface area contributed by atoms with Crippen molar-refractivity contribution in [3.05, 3.63) is 0 Å². The number of carbonyl (C=O) groups is 1. The summed E-state index contributed by atoms with van der Waals surface area (Å²) in [6.07, 6.45) is 3.85. The predicted octanol–water partition coefficient (Wildman–Crippen LogP) is 2.79. The van der Waals surface area contributed by atoms with E-state index in [4.69, 9.17) is 4.74 Å². The second kappa shape index (κ2) is 7.07. The summed E-state index contributed by atoms with van der Waals surface area (Å²) in [5.41, 5.74) is 0. The summed E-state index contributed by atoms with van der Waals surface area (Å²) in [5.74, 6) is -1.43. The molecule has 2 rings (SSSR count). The van der Waals surface area contributed by atoms with Crippen molar-refractivity contribution < 1.29 is 18.3 Å². The Hall–Kier alpha value is -0.360. The summed E-state index contributed by atoms with van der Waals surface area (Å²) < 4.78 is 30.5. The number of halogens is 2. The molecule has 0 N–H and O–H groups in total. The molecule has 2 unspecified atom stereocenters. The Kier molecular flexibility index (Phi) is 5.66. The molecule has 1 saturated heterocycles. The molecule has 0 radical (unpaired) electrons. The molecular formula is C14H23F2NO2S. The van der Waals surface area contributed by atoms with Crippen LogP contribution < -0.4 is 0 Å². The van der Waals surface area contributed by atoms with Crippen molar-refractivity contribution in [1.82, 2.24) is 4.90 Å². The summed E-state index contributed by atoms with van der Waals surface area (Å²) in [5, 5.41) is 0. The fourth-order valence-electron chi connectivity index (χ4n) is 3.04. The zero-order valence-corrected chi connectivity index (χ0v) is 12.8. The topological polar surface area (TPSA) is 29.5 Å². The van der Waals surface area contributed by atoms with E-state index in [2.05, 4.69) is 4.90 Å². The quantitative estimate of drug-likeness (QED) is 0.747. The number of nitrogens with zero attached hydrogens (tertiary/aromatic N) is 1. The molecule has 0 aromatic rings. The van der Waals surface area contributed by atoms with Gasteiger partial charge in [0.2, 0.25) is 0 Å². The van der Waals surface area contributed by atoms with Crippen LogP contribution in [-0.2, 0) is 9.53 Å². The van der Waals surface area contributed by atoms with Gasteiger partial charge in [-0.3, -0.25) is 9.69 Å². The van der Waals surface area contributed by atoms with Gasteiger partial charge in [0.1, 0.15) is 0 Å². The smallest absolute Gasteiger partial charge is 0.310 e. The number of ether oxygens (including phenoxy) is 1. The highest BCUT2D eigenvalue weighted by molar-refractivity contribution is 7.99. The minimum absolute atomic E-state index is 0.183. The van der Waals surface area contributed by atoms with Crippen LogP contribution in [0.25, 0.3) is 0 Å². The standard InChI is InChI=1S/C14H23F2NO2S/c1-14(15,16)10-19-13(18)11-4-2-3-5-12(11)17-6-8-20-9-7-17/h11-12H,2-10H2,1H3. The first-order valence-electron chi connectivity index (χ1n) is 7.33. The summed E-state index contributed by atoms with van der Waals surface area (Å²) in [7, 11) is 0. The van der Waals surface area contributed by atoms with Crippen molar-refractivity contribution in [2.75, 3.05) is 31.2 Å². The van der Waals surface area contributed by atoms with Gasteiger partial charge in [-0.2, -0.15) is 11.8 Å². The second-order valence-electron chi connectivity index (χ2n) is 5.78. The van der Waals surface area contributed by atoms with E-state index in [-0.39, 0.29) is 12.0 Å². The Morgan fingerprint density at radius 1 is 1.30 bits per heavy atom. The Bertz CT molecular complexity index is 330. The van der Waals surface area contributed by atoms with Crippen LogP contribution in [0.3, 0.4) is 0 Å². The fraction of sp³-hybridized carbons (Fsp3) is 0.929. The molecule has 2 atom stereocenters. The average molecular weight is 307 g/mol. The van der Waals surface area contributed by atoms with Gasteiger partial charge in [-0.25, -0.2) is 8.78 Å². The van der Waals surface area contributed by atoms with Crippen molar-refractivity contribution in [3.63, 3.8) is 0 Å². The van der Waals surface area contributed by atoms with Crippen molar-refractivity contribution in [3.8, 4) is 0 Å². The first kappa shape index (κ1) is 16.0. The molecule has 1 aliphatic heterocycles. The number of hydrogen-bond acceptors (Lipinski definition) is 4. The van der Waals surface area contributed by atoms with Gasteiger partial charge >= 0.3 is 5.97 Å². The number of thioether (sulfide) groups is 1. The van der Waals surface area contributed by atoms with Gasteiger partial charge in [0, 0.05) is 37.6 Å². The molecule has 20 heavy (non-hydrogen) atoms. The third kappa shape index (κ3) is 4.58. The largest absolute Gasteiger partial charge is 0.459 e. The van der Waals surface area contributed by atoms with Crippen LogP contribution in [0.4, 0.5) is 8.78 Å². The van der Waals surface area contributed by atoms with Gasteiger partial charge in [-0.05, 0) is 12.8 Å². The van der Waals surface area contributed by atoms with Gasteiger partial charge in [0.25, 0.3) is 5.92 Å². The molecule has 3 nitrogen and oxygen atoms in total. The van der Waals surface area contributed by atoms with Crippen molar-refractivity contribution in [1.29, 1.82) is 0 Å². The Balaban J connectivity index is 1.93. The number of carbonyl (C=O) groups excluding carboxylic acids is 1. The molecule has 0 aromatic carbocycles. The molecule has 0 spiro atoms. The number of alkyl halides is 2. The summed E-state index contributed by atoms with van der Waals surface area (Å²) in [6.45, 7) is 1.96. The maximum atomic E-state index is 12.8. The van der Waals surface area contributed by atoms with Crippen LogP contribution in [0.5, 0.6) is 0 Å². The summed E-state index contributed by atoms with van der Waals surface area (Å²) in [6, 6.07) is 0.183. The third-order valence-corrected chi connectivity index (χ3v) is 4.96. The zero-order valence-electron chi connectivity index (χ0n) is 11.9. The van der Waals surface area contributed by atoms with Crippen LogP contribution in [0.1, 0.15) is 32.6 Å². The lowest BCUT2D eigenvalue weighted by atomic mass is 9.83. The van der Waals surface area contributed by atoms with Crippen molar-refractivity contribution in [2.45, 2.75) is 44.6 Å². The van der Waals surface area contributed by atoms with E-state index in [0.717, 1.165) is 57.2 Å².